The molecule has 1 aromatic rings. The quantitative estimate of drug-likeness (QED) is 0.867. The van der Waals surface area contributed by atoms with Crippen LogP contribution in [0.4, 0.5) is 5.82 Å². The second-order valence-electron chi connectivity index (χ2n) is 5.66. The second-order valence-corrected chi connectivity index (χ2v) is 5.66. The van der Waals surface area contributed by atoms with E-state index in [4.69, 9.17) is 4.74 Å². The molecule has 1 fully saturated rings. The predicted molar refractivity (Wildman–Crippen MR) is 85.7 cm³/mol. The predicted octanol–water partition coefficient (Wildman–Crippen LogP) is 1.73. The summed E-state index contributed by atoms with van der Waals surface area (Å²) in [5.74, 6) is 1.47. The second kappa shape index (κ2) is 8.68. The van der Waals surface area contributed by atoms with Gasteiger partial charge in [0.2, 0.25) is 5.91 Å². The van der Waals surface area contributed by atoms with Crippen LogP contribution in [0.3, 0.4) is 0 Å². The Morgan fingerprint density at radius 1 is 1.36 bits per heavy atom. The smallest absolute Gasteiger partial charge is 0.248 e. The van der Waals surface area contributed by atoms with Gasteiger partial charge in [-0.3, -0.25) is 9.78 Å². The highest BCUT2D eigenvalue weighted by atomic mass is 16.5. The number of nitrogens with zero attached hydrogens (tertiary/aromatic N) is 3. The van der Waals surface area contributed by atoms with Gasteiger partial charge in [0.05, 0.1) is 18.1 Å². The van der Waals surface area contributed by atoms with Gasteiger partial charge < -0.3 is 15.0 Å². The summed E-state index contributed by atoms with van der Waals surface area (Å²) in [6.45, 7) is 4.36. The Kier molecular flexibility index (Phi) is 6.58. The van der Waals surface area contributed by atoms with Crippen molar-refractivity contribution in [2.45, 2.75) is 32.6 Å². The van der Waals surface area contributed by atoms with Crippen LogP contribution in [0.5, 0.6) is 0 Å². The van der Waals surface area contributed by atoms with Crippen molar-refractivity contribution in [3.05, 3.63) is 18.1 Å². The highest BCUT2D eigenvalue weighted by Crippen LogP contribution is 2.21. The Labute approximate surface area is 132 Å². The summed E-state index contributed by atoms with van der Waals surface area (Å²) in [6.07, 6.45) is 7.74. The van der Waals surface area contributed by atoms with E-state index in [1.807, 2.05) is 25.1 Å². The van der Waals surface area contributed by atoms with E-state index in [-0.39, 0.29) is 12.5 Å². The number of rotatable bonds is 6. The standard InChI is InChI=1S/C16H26N4O2/c1-3-22-12-16(21)20-7-4-5-13(6-8-20)9-14-10-19-15(17-2)11-18-14/h10-11,13H,3-9,12H2,1-2H3,(H,17,19)/t13-/m1/s1. The lowest BCUT2D eigenvalue weighted by Gasteiger charge is -2.20. The Bertz CT molecular complexity index is 464. The van der Waals surface area contributed by atoms with Gasteiger partial charge in [0.25, 0.3) is 0 Å². The molecule has 1 aliphatic heterocycles. The van der Waals surface area contributed by atoms with Crippen molar-refractivity contribution in [1.29, 1.82) is 0 Å². The number of nitrogens with one attached hydrogen (secondary N) is 1. The molecule has 1 aromatic heterocycles. The molecule has 0 bridgehead atoms. The van der Waals surface area contributed by atoms with E-state index in [2.05, 4.69) is 15.3 Å². The van der Waals surface area contributed by atoms with Gasteiger partial charge in [-0.25, -0.2) is 4.98 Å². The SMILES string of the molecule is CCOCC(=O)N1CCC[C@@H](Cc2cnc(NC)cn2)CC1. The first-order valence-electron chi connectivity index (χ1n) is 8.07. The Morgan fingerprint density at radius 2 is 2.23 bits per heavy atom. The van der Waals surface area contributed by atoms with E-state index >= 15 is 0 Å². The lowest BCUT2D eigenvalue weighted by Crippen LogP contribution is -2.35. The van der Waals surface area contributed by atoms with Crippen molar-refractivity contribution < 1.29 is 9.53 Å². The van der Waals surface area contributed by atoms with Crippen molar-refractivity contribution in [3.8, 4) is 0 Å². The summed E-state index contributed by atoms with van der Waals surface area (Å²) >= 11 is 0. The third-order valence-electron chi connectivity index (χ3n) is 4.09. The van der Waals surface area contributed by atoms with Crippen LogP contribution in [-0.2, 0) is 16.0 Å². The van der Waals surface area contributed by atoms with E-state index in [0.717, 1.165) is 50.3 Å². The zero-order valence-corrected chi connectivity index (χ0v) is 13.5. The number of anilines is 1. The van der Waals surface area contributed by atoms with Crippen molar-refractivity contribution in [2.24, 2.45) is 5.92 Å². The maximum absolute atomic E-state index is 12.0. The maximum atomic E-state index is 12.0. The molecule has 1 atom stereocenters. The summed E-state index contributed by atoms with van der Waals surface area (Å²) in [4.78, 5) is 22.7. The van der Waals surface area contributed by atoms with Gasteiger partial charge in [-0.15, -0.1) is 0 Å². The normalized spacial score (nSPS) is 18.8. The average Bonchev–Trinajstić information content (AvgIpc) is 2.79. The molecule has 1 aliphatic rings. The fourth-order valence-corrected chi connectivity index (χ4v) is 2.78. The van der Waals surface area contributed by atoms with Crippen LogP contribution in [0.25, 0.3) is 0 Å². The Hall–Kier alpha value is -1.69. The highest BCUT2D eigenvalue weighted by molar-refractivity contribution is 5.77. The topological polar surface area (TPSA) is 67.3 Å². The van der Waals surface area contributed by atoms with E-state index in [0.29, 0.717) is 12.5 Å². The number of hydrogen-bond donors (Lipinski definition) is 1. The van der Waals surface area contributed by atoms with Crippen LogP contribution in [0.1, 0.15) is 31.9 Å². The highest BCUT2D eigenvalue weighted by Gasteiger charge is 2.21. The average molecular weight is 306 g/mol. The molecule has 122 valence electrons. The van der Waals surface area contributed by atoms with Crippen molar-refractivity contribution >= 4 is 11.7 Å². The molecule has 1 saturated heterocycles. The molecule has 0 aliphatic carbocycles. The maximum Gasteiger partial charge on any atom is 0.248 e. The molecule has 0 radical (unpaired) electrons. The van der Waals surface area contributed by atoms with Crippen LogP contribution < -0.4 is 5.32 Å². The molecule has 0 aromatic carbocycles. The summed E-state index contributed by atoms with van der Waals surface area (Å²) in [7, 11) is 1.84. The molecule has 6 heteroatoms. The van der Waals surface area contributed by atoms with E-state index in [1.165, 1.54) is 0 Å². The van der Waals surface area contributed by atoms with Crippen molar-refractivity contribution in [2.75, 3.05) is 38.7 Å². The fraction of sp³-hybridized carbons (Fsp3) is 0.688. The van der Waals surface area contributed by atoms with Gasteiger partial charge in [0.1, 0.15) is 12.4 Å². The van der Waals surface area contributed by atoms with Gasteiger partial charge in [-0.05, 0) is 38.5 Å². The first kappa shape index (κ1) is 16.7. The molecular formula is C16H26N4O2. The summed E-state index contributed by atoms with van der Waals surface area (Å²) in [6, 6.07) is 0. The number of hydrogen-bond acceptors (Lipinski definition) is 5. The number of carbonyl (C=O) groups is 1. The number of amides is 1. The van der Waals surface area contributed by atoms with Crippen LogP contribution in [0.15, 0.2) is 12.4 Å². The minimum Gasteiger partial charge on any atom is -0.372 e. The Balaban J connectivity index is 1.83. The molecule has 1 amide bonds. The number of ether oxygens (including phenoxy) is 1. The van der Waals surface area contributed by atoms with Crippen LogP contribution >= 0.6 is 0 Å². The molecule has 0 unspecified atom stereocenters. The van der Waals surface area contributed by atoms with Gasteiger partial charge >= 0.3 is 0 Å². The largest absolute Gasteiger partial charge is 0.372 e. The van der Waals surface area contributed by atoms with Crippen LogP contribution in [0.2, 0.25) is 0 Å². The summed E-state index contributed by atoms with van der Waals surface area (Å²) < 4.78 is 5.22. The lowest BCUT2D eigenvalue weighted by atomic mass is 9.95. The van der Waals surface area contributed by atoms with E-state index < -0.39 is 0 Å². The Morgan fingerprint density at radius 3 is 2.91 bits per heavy atom. The molecule has 1 N–H and O–H groups in total. The van der Waals surface area contributed by atoms with E-state index in [1.54, 1.807) is 6.20 Å². The molecule has 0 saturated carbocycles. The van der Waals surface area contributed by atoms with E-state index in [9.17, 15) is 4.79 Å². The molecular weight excluding hydrogens is 280 g/mol. The van der Waals surface area contributed by atoms with Crippen LogP contribution in [0, 0.1) is 5.92 Å². The van der Waals surface area contributed by atoms with Gasteiger partial charge in [-0.1, -0.05) is 0 Å². The molecule has 2 heterocycles. The lowest BCUT2D eigenvalue weighted by molar-refractivity contribution is -0.135. The molecule has 6 nitrogen and oxygen atoms in total. The van der Waals surface area contributed by atoms with Crippen molar-refractivity contribution in [3.63, 3.8) is 0 Å². The third kappa shape index (κ3) is 4.94. The van der Waals surface area contributed by atoms with Crippen molar-refractivity contribution in [1.82, 2.24) is 14.9 Å². The molecule has 0 spiro atoms. The van der Waals surface area contributed by atoms with Gasteiger partial charge in [0, 0.05) is 26.7 Å². The summed E-state index contributed by atoms with van der Waals surface area (Å²) in [5.41, 5.74) is 1.03. The molecule has 22 heavy (non-hydrogen) atoms. The minimum atomic E-state index is 0.112. The molecule has 2 rings (SSSR count). The fourth-order valence-electron chi connectivity index (χ4n) is 2.78. The number of likely N-dealkylation sites (tertiary alicyclic amines) is 1. The third-order valence-corrected chi connectivity index (χ3v) is 4.09. The first-order valence-corrected chi connectivity index (χ1v) is 8.07. The van der Waals surface area contributed by atoms with Gasteiger partial charge in [0.15, 0.2) is 0 Å². The summed E-state index contributed by atoms with van der Waals surface area (Å²) in [5, 5.41) is 2.97. The number of aromatic nitrogens is 2. The monoisotopic (exact) mass is 306 g/mol. The number of carbonyl (C=O) groups excluding carboxylic acids is 1. The van der Waals surface area contributed by atoms with Gasteiger partial charge in [-0.2, -0.15) is 0 Å². The zero-order chi connectivity index (χ0) is 15.8. The van der Waals surface area contributed by atoms with Crippen LogP contribution in [-0.4, -0.2) is 54.1 Å². The zero-order valence-electron chi connectivity index (χ0n) is 13.5. The minimum absolute atomic E-state index is 0.112. The first-order chi connectivity index (χ1) is 10.7.